The van der Waals surface area contributed by atoms with E-state index >= 15 is 0 Å². The van der Waals surface area contributed by atoms with Crippen molar-refractivity contribution in [3.63, 3.8) is 0 Å². The maximum absolute atomic E-state index is 13.5. The number of amides is 4. The second kappa shape index (κ2) is 8.34. The van der Waals surface area contributed by atoms with Crippen molar-refractivity contribution in [3.8, 4) is 5.75 Å². The van der Waals surface area contributed by atoms with Crippen LogP contribution < -0.4 is 10.1 Å². The summed E-state index contributed by atoms with van der Waals surface area (Å²) in [5, 5.41) is 2.91. The molecule has 2 aromatic carbocycles. The van der Waals surface area contributed by atoms with Gasteiger partial charge in [-0.3, -0.25) is 9.69 Å². The standard InChI is InChI=1S/C26H31N3O5/c1-24(2,3)34-23(32)28(4)26(19-9-7-6-8-10-19)16-25(17-26)21(30)29(22(31)27-25)15-18-11-13-20(33-5)14-12-18/h6-14H,15-17H2,1-5H3,(H,27,31). The molecule has 0 unspecified atom stereocenters. The number of methoxy groups -OCH3 is 1. The van der Waals surface area contributed by atoms with E-state index in [0.717, 1.165) is 11.1 Å². The minimum absolute atomic E-state index is 0.163. The van der Waals surface area contributed by atoms with Gasteiger partial charge in [0.15, 0.2) is 0 Å². The molecule has 1 aliphatic heterocycles. The van der Waals surface area contributed by atoms with Crippen molar-refractivity contribution in [2.45, 2.75) is 56.8 Å². The first-order valence-electron chi connectivity index (χ1n) is 11.3. The van der Waals surface area contributed by atoms with Crippen LogP contribution in [0.3, 0.4) is 0 Å². The fraction of sp³-hybridized carbons (Fsp3) is 0.423. The molecule has 1 N–H and O–H groups in total. The number of carbonyl (C=O) groups excluding carboxylic acids is 3. The van der Waals surface area contributed by atoms with Crippen LogP contribution in [0.2, 0.25) is 0 Å². The normalized spacial score (nSPS) is 24.0. The van der Waals surface area contributed by atoms with Crippen molar-refractivity contribution in [2.75, 3.05) is 14.2 Å². The first-order valence-corrected chi connectivity index (χ1v) is 11.3. The lowest BCUT2D eigenvalue weighted by molar-refractivity contribution is -0.142. The Hall–Kier alpha value is -3.55. The molecule has 1 saturated heterocycles. The van der Waals surface area contributed by atoms with E-state index in [4.69, 9.17) is 9.47 Å². The minimum atomic E-state index is -1.06. The summed E-state index contributed by atoms with van der Waals surface area (Å²) in [6.07, 6.45) is 0.0606. The fourth-order valence-corrected chi connectivity index (χ4v) is 4.81. The molecule has 8 nitrogen and oxygen atoms in total. The lowest BCUT2D eigenvalue weighted by atomic mass is 9.59. The summed E-state index contributed by atoms with van der Waals surface area (Å²) in [5.41, 5.74) is -0.777. The molecular formula is C26H31N3O5. The Balaban J connectivity index is 1.58. The van der Waals surface area contributed by atoms with Gasteiger partial charge >= 0.3 is 12.1 Å². The second-order valence-corrected chi connectivity index (χ2v) is 10.0. The molecular weight excluding hydrogens is 434 g/mol. The van der Waals surface area contributed by atoms with Crippen molar-refractivity contribution in [2.24, 2.45) is 0 Å². The first-order chi connectivity index (χ1) is 16.0. The molecule has 4 rings (SSSR count). The lowest BCUT2D eigenvalue weighted by Crippen LogP contribution is -2.69. The topological polar surface area (TPSA) is 88.2 Å². The summed E-state index contributed by atoms with van der Waals surface area (Å²) < 4.78 is 10.8. The van der Waals surface area contributed by atoms with Gasteiger partial charge in [-0.15, -0.1) is 0 Å². The smallest absolute Gasteiger partial charge is 0.410 e. The van der Waals surface area contributed by atoms with Crippen molar-refractivity contribution in [1.82, 2.24) is 15.1 Å². The van der Waals surface area contributed by atoms with Gasteiger partial charge < -0.3 is 19.7 Å². The number of nitrogens with one attached hydrogen (secondary N) is 1. The second-order valence-electron chi connectivity index (χ2n) is 10.0. The highest BCUT2D eigenvalue weighted by molar-refractivity contribution is 6.08. The summed E-state index contributed by atoms with van der Waals surface area (Å²) in [4.78, 5) is 42.1. The quantitative estimate of drug-likeness (QED) is 0.674. The largest absolute Gasteiger partial charge is 0.497 e. The van der Waals surface area contributed by atoms with E-state index in [1.165, 1.54) is 4.90 Å². The minimum Gasteiger partial charge on any atom is -0.497 e. The van der Waals surface area contributed by atoms with Crippen LogP contribution in [0.5, 0.6) is 5.75 Å². The van der Waals surface area contributed by atoms with Crippen molar-refractivity contribution >= 4 is 18.0 Å². The molecule has 34 heavy (non-hydrogen) atoms. The van der Waals surface area contributed by atoms with E-state index < -0.39 is 28.8 Å². The van der Waals surface area contributed by atoms with Gasteiger partial charge in [-0.2, -0.15) is 0 Å². The number of urea groups is 1. The van der Waals surface area contributed by atoms with E-state index in [0.29, 0.717) is 5.75 Å². The Bertz CT molecular complexity index is 1090. The van der Waals surface area contributed by atoms with Crippen LogP contribution in [0, 0.1) is 0 Å². The van der Waals surface area contributed by atoms with Gasteiger partial charge in [-0.1, -0.05) is 42.5 Å². The predicted molar refractivity (Wildman–Crippen MR) is 126 cm³/mol. The summed E-state index contributed by atoms with van der Waals surface area (Å²) in [5.74, 6) is 0.423. The molecule has 4 amide bonds. The van der Waals surface area contributed by atoms with E-state index in [1.54, 1.807) is 31.2 Å². The molecule has 1 heterocycles. The molecule has 1 aliphatic carbocycles. The number of rotatable bonds is 5. The van der Waals surface area contributed by atoms with Gasteiger partial charge in [0, 0.05) is 19.9 Å². The van der Waals surface area contributed by atoms with Gasteiger partial charge in [-0.05, 0) is 44.0 Å². The summed E-state index contributed by atoms with van der Waals surface area (Å²) in [6, 6.07) is 16.4. The highest BCUT2D eigenvalue weighted by Gasteiger charge is 2.67. The van der Waals surface area contributed by atoms with Crippen molar-refractivity contribution < 1.29 is 23.9 Å². The van der Waals surface area contributed by atoms with Gasteiger partial charge in [0.2, 0.25) is 0 Å². The average molecular weight is 466 g/mol. The Labute approximate surface area is 199 Å². The number of carbonyl (C=O) groups is 3. The summed E-state index contributed by atoms with van der Waals surface area (Å²) >= 11 is 0. The van der Waals surface area contributed by atoms with Crippen LogP contribution in [0.25, 0.3) is 0 Å². The van der Waals surface area contributed by atoms with Crippen LogP contribution >= 0.6 is 0 Å². The van der Waals surface area contributed by atoms with Crippen molar-refractivity contribution in [1.29, 1.82) is 0 Å². The summed E-state index contributed by atoms with van der Waals surface area (Å²) in [6.45, 7) is 5.60. The van der Waals surface area contributed by atoms with Gasteiger partial charge in [0.1, 0.15) is 16.9 Å². The van der Waals surface area contributed by atoms with E-state index in [-0.39, 0.29) is 25.3 Å². The maximum Gasteiger partial charge on any atom is 0.410 e. The molecule has 2 aromatic rings. The zero-order valence-electron chi connectivity index (χ0n) is 20.3. The summed E-state index contributed by atoms with van der Waals surface area (Å²) in [7, 11) is 3.27. The van der Waals surface area contributed by atoms with Crippen molar-refractivity contribution in [3.05, 3.63) is 65.7 Å². The number of hydrogen-bond donors (Lipinski definition) is 1. The molecule has 0 bridgehead atoms. The first kappa shape index (κ1) is 23.6. The van der Waals surface area contributed by atoms with Crippen LogP contribution in [0.15, 0.2) is 54.6 Å². The fourth-order valence-electron chi connectivity index (χ4n) is 4.81. The highest BCUT2D eigenvalue weighted by atomic mass is 16.6. The van der Waals surface area contributed by atoms with Crippen LogP contribution in [-0.4, -0.2) is 53.1 Å². The molecule has 8 heteroatoms. The van der Waals surface area contributed by atoms with Crippen LogP contribution in [0.1, 0.15) is 44.7 Å². The average Bonchev–Trinajstić information content (AvgIpc) is 3.02. The Kier molecular flexibility index (Phi) is 5.79. The maximum atomic E-state index is 13.5. The van der Waals surface area contributed by atoms with Gasteiger partial charge in [0.05, 0.1) is 19.2 Å². The van der Waals surface area contributed by atoms with Crippen LogP contribution in [-0.2, 0) is 21.6 Å². The molecule has 0 atom stereocenters. The van der Waals surface area contributed by atoms with E-state index in [1.807, 2.05) is 63.2 Å². The van der Waals surface area contributed by atoms with E-state index in [9.17, 15) is 14.4 Å². The molecule has 2 aliphatic rings. The molecule has 2 fully saturated rings. The monoisotopic (exact) mass is 465 g/mol. The molecule has 0 aromatic heterocycles. The Morgan fingerprint density at radius 3 is 2.24 bits per heavy atom. The SMILES string of the molecule is COc1ccc(CN2C(=O)NC3(CC(c4ccccc4)(N(C)C(=O)OC(C)(C)C)C3)C2=O)cc1. The number of ether oxygens (including phenoxy) is 2. The van der Waals surface area contributed by atoms with Crippen LogP contribution in [0.4, 0.5) is 9.59 Å². The highest BCUT2D eigenvalue weighted by Crippen LogP contribution is 2.54. The zero-order valence-corrected chi connectivity index (χ0v) is 20.3. The Morgan fingerprint density at radius 2 is 1.68 bits per heavy atom. The number of imide groups is 1. The van der Waals surface area contributed by atoms with E-state index in [2.05, 4.69) is 5.32 Å². The predicted octanol–water partition coefficient (Wildman–Crippen LogP) is 4.04. The zero-order chi connectivity index (χ0) is 24.7. The molecule has 1 spiro atoms. The van der Waals surface area contributed by atoms with Gasteiger partial charge in [0.25, 0.3) is 5.91 Å². The third-order valence-corrected chi connectivity index (χ3v) is 6.55. The van der Waals surface area contributed by atoms with Gasteiger partial charge in [-0.25, -0.2) is 9.59 Å². The number of hydrogen-bond acceptors (Lipinski definition) is 5. The number of nitrogens with zero attached hydrogens (tertiary/aromatic N) is 2. The molecule has 1 saturated carbocycles. The number of benzene rings is 2. The third kappa shape index (κ3) is 4.08. The molecule has 180 valence electrons. The lowest BCUT2D eigenvalue weighted by Gasteiger charge is -2.56. The third-order valence-electron chi connectivity index (χ3n) is 6.55. The Morgan fingerprint density at radius 1 is 1.06 bits per heavy atom. The molecule has 0 radical (unpaired) electrons.